The number of hydrogen-bond donors (Lipinski definition) is 0. The standard InChI is InChI=1S/C25H17N3O2/c1-2-14-30-25-24(22(29)13-12-18-15-26-17-27-16-18)23(19-8-4-3-5-9-19)20-10-6-7-11-21(20)28-25/h1,3-13,15-17H,14H2/b13-12+. The van der Waals surface area contributed by atoms with Crippen molar-refractivity contribution in [3.63, 3.8) is 0 Å². The number of carbonyl (C=O) groups is 1. The fourth-order valence-corrected chi connectivity index (χ4v) is 3.19. The van der Waals surface area contributed by atoms with Gasteiger partial charge in [-0.2, -0.15) is 0 Å². The van der Waals surface area contributed by atoms with Crippen LogP contribution < -0.4 is 4.74 Å². The first-order valence-electron chi connectivity index (χ1n) is 9.30. The van der Waals surface area contributed by atoms with E-state index in [0.717, 1.165) is 22.0 Å². The van der Waals surface area contributed by atoms with Gasteiger partial charge in [0, 0.05) is 28.9 Å². The Labute approximate surface area is 174 Å². The molecule has 0 radical (unpaired) electrons. The lowest BCUT2D eigenvalue weighted by Crippen LogP contribution is -2.08. The van der Waals surface area contributed by atoms with Crippen LogP contribution in [0, 0.1) is 12.3 Å². The number of benzene rings is 2. The van der Waals surface area contributed by atoms with Gasteiger partial charge in [-0.25, -0.2) is 15.0 Å². The first-order valence-corrected chi connectivity index (χ1v) is 9.30. The van der Waals surface area contributed by atoms with Gasteiger partial charge in [-0.1, -0.05) is 54.5 Å². The van der Waals surface area contributed by atoms with Crippen molar-refractivity contribution in [1.29, 1.82) is 0 Å². The molecule has 0 saturated carbocycles. The SMILES string of the molecule is C#CCOc1nc2ccccc2c(-c2ccccc2)c1C(=O)/C=C/c1cncnc1. The molecule has 30 heavy (non-hydrogen) atoms. The number of allylic oxidation sites excluding steroid dienone is 1. The average molecular weight is 391 g/mol. The number of para-hydroxylation sites is 1. The second-order valence-corrected chi connectivity index (χ2v) is 6.41. The highest BCUT2D eigenvalue weighted by Crippen LogP contribution is 2.36. The number of fused-ring (bicyclic) bond motifs is 1. The molecule has 0 atom stereocenters. The third kappa shape index (κ3) is 3.94. The summed E-state index contributed by atoms with van der Waals surface area (Å²) in [6.07, 6.45) is 13.2. The quantitative estimate of drug-likeness (QED) is 0.273. The van der Waals surface area contributed by atoms with Crippen LogP contribution in [0.25, 0.3) is 28.1 Å². The fourth-order valence-electron chi connectivity index (χ4n) is 3.19. The van der Waals surface area contributed by atoms with Crippen molar-refractivity contribution >= 4 is 22.8 Å². The third-order valence-electron chi connectivity index (χ3n) is 4.47. The fraction of sp³-hybridized carbons (Fsp3) is 0.0400. The van der Waals surface area contributed by atoms with Crippen LogP contribution in [0.5, 0.6) is 5.88 Å². The molecule has 4 rings (SSSR count). The largest absolute Gasteiger partial charge is 0.464 e. The van der Waals surface area contributed by atoms with Crippen LogP contribution in [0.4, 0.5) is 0 Å². The van der Waals surface area contributed by atoms with Crippen LogP contribution in [-0.2, 0) is 0 Å². The molecule has 2 aromatic heterocycles. The zero-order valence-electron chi connectivity index (χ0n) is 16.0. The number of carbonyl (C=O) groups excluding carboxylic acids is 1. The maximum absolute atomic E-state index is 13.3. The Hall–Kier alpha value is -4.30. The van der Waals surface area contributed by atoms with Crippen molar-refractivity contribution < 1.29 is 9.53 Å². The summed E-state index contributed by atoms with van der Waals surface area (Å²) >= 11 is 0. The van der Waals surface area contributed by atoms with Gasteiger partial charge in [0.05, 0.1) is 11.1 Å². The average Bonchev–Trinajstić information content (AvgIpc) is 2.81. The Morgan fingerprint density at radius 1 is 1.03 bits per heavy atom. The zero-order chi connectivity index (χ0) is 20.8. The Morgan fingerprint density at radius 3 is 2.53 bits per heavy atom. The number of hydrogen-bond acceptors (Lipinski definition) is 5. The van der Waals surface area contributed by atoms with Gasteiger partial charge in [-0.15, -0.1) is 6.42 Å². The van der Waals surface area contributed by atoms with Crippen LogP contribution >= 0.6 is 0 Å². The van der Waals surface area contributed by atoms with E-state index in [9.17, 15) is 4.79 Å². The minimum absolute atomic E-state index is 0.0100. The number of rotatable bonds is 6. The summed E-state index contributed by atoms with van der Waals surface area (Å²) in [5.74, 6) is 2.40. The molecule has 0 aliphatic heterocycles. The molecule has 0 aliphatic carbocycles. The molecule has 5 nitrogen and oxygen atoms in total. The van der Waals surface area contributed by atoms with Crippen molar-refractivity contribution in [1.82, 2.24) is 15.0 Å². The number of ketones is 1. The van der Waals surface area contributed by atoms with Crippen molar-refractivity contribution in [2.24, 2.45) is 0 Å². The monoisotopic (exact) mass is 391 g/mol. The number of aromatic nitrogens is 3. The van der Waals surface area contributed by atoms with Crippen LogP contribution in [0.15, 0.2) is 79.4 Å². The molecule has 0 aliphatic rings. The summed E-state index contributed by atoms with van der Waals surface area (Å²) in [6, 6.07) is 17.3. The Morgan fingerprint density at radius 2 is 1.77 bits per heavy atom. The van der Waals surface area contributed by atoms with E-state index in [-0.39, 0.29) is 18.3 Å². The van der Waals surface area contributed by atoms with Crippen molar-refractivity contribution in [3.8, 4) is 29.4 Å². The predicted octanol–water partition coefficient (Wildman–Crippen LogP) is 4.60. The van der Waals surface area contributed by atoms with Crippen LogP contribution in [0.2, 0.25) is 0 Å². The summed E-state index contributed by atoms with van der Waals surface area (Å²) in [5, 5.41) is 0.858. The molecule has 2 heterocycles. The normalized spacial score (nSPS) is 10.8. The molecule has 0 spiro atoms. The first kappa shape index (κ1) is 19.0. The summed E-state index contributed by atoms with van der Waals surface area (Å²) in [7, 11) is 0. The molecule has 4 aromatic rings. The van der Waals surface area contributed by atoms with Gasteiger partial charge >= 0.3 is 0 Å². The second-order valence-electron chi connectivity index (χ2n) is 6.41. The predicted molar refractivity (Wildman–Crippen MR) is 117 cm³/mol. The molecule has 0 N–H and O–H groups in total. The molecule has 0 fully saturated rings. The van der Waals surface area contributed by atoms with Gasteiger partial charge < -0.3 is 4.74 Å². The third-order valence-corrected chi connectivity index (χ3v) is 4.47. The van der Waals surface area contributed by atoms with E-state index >= 15 is 0 Å². The number of terminal acetylenes is 1. The maximum atomic E-state index is 13.3. The summed E-state index contributed by atoms with van der Waals surface area (Å²) < 4.78 is 5.70. The van der Waals surface area contributed by atoms with E-state index in [1.165, 1.54) is 12.4 Å². The minimum atomic E-state index is -0.247. The lowest BCUT2D eigenvalue weighted by molar-refractivity contribution is 0.104. The maximum Gasteiger partial charge on any atom is 0.226 e. The van der Waals surface area contributed by atoms with E-state index in [1.807, 2.05) is 54.6 Å². The lowest BCUT2D eigenvalue weighted by atomic mass is 9.93. The Kier molecular flexibility index (Phi) is 5.59. The molecule has 0 unspecified atom stereocenters. The van der Waals surface area contributed by atoms with E-state index < -0.39 is 0 Å². The van der Waals surface area contributed by atoms with Gasteiger partial charge in [-0.05, 0) is 23.8 Å². The molecule has 2 aromatic carbocycles. The van der Waals surface area contributed by atoms with E-state index in [4.69, 9.17) is 11.2 Å². The van der Waals surface area contributed by atoms with E-state index in [1.54, 1.807) is 18.5 Å². The van der Waals surface area contributed by atoms with Gasteiger partial charge in [0.25, 0.3) is 0 Å². The molecule has 0 amide bonds. The van der Waals surface area contributed by atoms with Crippen molar-refractivity contribution in [2.75, 3.05) is 6.61 Å². The Bertz CT molecular complexity index is 1260. The number of nitrogens with zero attached hydrogens (tertiary/aromatic N) is 3. The van der Waals surface area contributed by atoms with Crippen LogP contribution in [0.1, 0.15) is 15.9 Å². The van der Waals surface area contributed by atoms with Gasteiger partial charge in [0.1, 0.15) is 6.33 Å². The lowest BCUT2D eigenvalue weighted by Gasteiger charge is -2.15. The second kappa shape index (κ2) is 8.80. The molecule has 0 saturated heterocycles. The van der Waals surface area contributed by atoms with Crippen molar-refractivity contribution in [2.45, 2.75) is 0 Å². The molecule has 0 bridgehead atoms. The highest BCUT2D eigenvalue weighted by molar-refractivity contribution is 6.16. The number of pyridine rings is 1. The van der Waals surface area contributed by atoms with Crippen LogP contribution in [0.3, 0.4) is 0 Å². The van der Waals surface area contributed by atoms with Crippen molar-refractivity contribution in [3.05, 3.63) is 90.5 Å². The minimum Gasteiger partial charge on any atom is -0.464 e. The smallest absolute Gasteiger partial charge is 0.226 e. The van der Waals surface area contributed by atoms with Gasteiger partial charge in [-0.3, -0.25) is 4.79 Å². The van der Waals surface area contributed by atoms with Gasteiger partial charge in [0.2, 0.25) is 5.88 Å². The highest BCUT2D eigenvalue weighted by atomic mass is 16.5. The Balaban J connectivity index is 1.94. The molecular formula is C25H17N3O2. The zero-order valence-corrected chi connectivity index (χ0v) is 16.0. The summed E-state index contributed by atoms with van der Waals surface area (Å²) in [5.41, 5.74) is 3.45. The van der Waals surface area contributed by atoms with E-state index in [2.05, 4.69) is 20.9 Å². The molecular weight excluding hydrogens is 374 g/mol. The van der Waals surface area contributed by atoms with E-state index in [0.29, 0.717) is 11.1 Å². The summed E-state index contributed by atoms with van der Waals surface area (Å²) in [6.45, 7) is 0.0100. The molecule has 5 heteroatoms. The highest BCUT2D eigenvalue weighted by Gasteiger charge is 2.22. The van der Waals surface area contributed by atoms with Crippen LogP contribution in [-0.4, -0.2) is 27.3 Å². The molecule has 144 valence electrons. The summed E-state index contributed by atoms with van der Waals surface area (Å²) in [4.78, 5) is 25.9. The number of ether oxygens (including phenoxy) is 1. The van der Waals surface area contributed by atoms with Gasteiger partial charge in [0.15, 0.2) is 12.4 Å². The first-order chi connectivity index (χ1) is 14.8. The topological polar surface area (TPSA) is 65.0 Å².